The Morgan fingerprint density at radius 1 is 0.889 bits per heavy atom. The van der Waals surface area contributed by atoms with E-state index in [1.807, 2.05) is 48.5 Å². The van der Waals surface area contributed by atoms with Gasteiger partial charge in [0.15, 0.2) is 11.5 Å². The SMILES string of the molecule is COc1ccccc1OCc1nc2ccccc2n1Cc1ccc(F)cc1. The van der Waals surface area contributed by atoms with Crippen molar-refractivity contribution in [3.05, 3.63) is 90.0 Å². The van der Waals surface area contributed by atoms with Gasteiger partial charge in [0.25, 0.3) is 0 Å². The highest BCUT2D eigenvalue weighted by Crippen LogP contribution is 2.27. The Bertz CT molecular complexity index is 1060. The van der Waals surface area contributed by atoms with Crippen molar-refractivity contribution in [1.29, 1.82) is 0 Å². The number of fused-ring (bicyclic) bond motifs is 1. The molecule has 4 rings (SSSR count). The minimum atomic E-state index is -0.242. The van der Waals surface area contributed by atoms with Crippen LogP contribution in [0.5, 0.6) is 11.5 Å². The largest absolute Gasteiger partial charge is 0.493 e. The fourth-order valence-corrected chi connectivity index (χ4v) is 3.06. The van der Waals surface area contributed by atoms with Crippen LogP contribution in [0.15, 0.2) is 72.8 Å². The van der Waals surface area contributed by atoms with Crippen LogP contribution < -0.4 is 9.47 Å². The molecule has 4 aromatic rings. The fraction of sp³-hybridized carbons (Fsp3) is 0.136. The molecule has 136 valence electrons. The number of hydrogen-bond acceptors (Lipinski definition) is 3. The van der Waals surface area contributed by atoms with Crippen molar-refractivity contribution in [3.63, 3.8) is 0 Å². The van der Waals surface area contributed by atoms with E-state index in [-0.39, 0.29) is 5.82 Å². The molecule has 0 aliphatic rings. The molecule has 0 aliphatic carbocycles. The Morgan fingerprint density at radius 2 is 1.59 bits per heavy atom. The number of methoxy groups -OCH3 is 1. The molecule has 0 saturated heterocycles. The molecule has 27 heavy (non-hydrogen) atoms. The Hall–Kier alpha value is -3.34. The third-order valence-electron chi connectivity index (χ3n) is 4.41. The molecule has 1 heterocycles. The summed E-state index contributed by atoms with van der Waals surface area (Å²) in [5.41, 5.74) is 2.91. The summed E-state index contributed by atoms with van der Waals surface area (Å²) in [6.07, 6.45) is 0. The first kappa shape index (κ1) is 17.1. The normalized spacial score (nSPS) is 10.9. The van der Waals surface area contributed by atoms with Crippen LogP contribution in [0.1, 0.15) is 11.4 Å². The average Bonchev–Trinajstić information content (AvgIpc) is 3.06. The van der Waals surface area contributed by atoms with E-state index in [1.54, 1.807) is 19.2 Å². The van der Waals surface area contributed by atoms with Gasteiger partial charge in [-0.05, 0) is 42.0 Å². The maximum atomic E-state index is 13.2. The number of halogens is 1. The number of rotatable bonds is 6. The van der Waals surface area contributed by atoms with E-state index in [4.69, 9.17) is 14.5 Å². The van der Waals surface area contributed by atoms with Crippen molar-refractivity contribution >= 4 is 11.0 Å². The topological polar surface area (TPSA) is 36.3 Å². The van der Waals surface area contributed by atoms with E-state index in [1.165, 1.54) is 12.1 Å². The molecule has 0 spiro atoms. The van der Waals surface area contributed by atoms with Gasteiger partial charge in [0, 0.05) is 6.54 Å². The summed E-state index contributed by atoms with van der Waals surface area (Å²) >= 11 is 0. The molecule has 3 aromatic carbocycles. The standard InChI is InChI=1S/C22H19FN2O2/c1-26-20-8-4-5-9-21(20)27-15-22-24-18-6-2-3-7-19(18)25(22)14-16-10-12-17(23)13-11-16/h2-13H,14-15H2,1H3. The van der Waals surface area contributed by atoms with E-state index < -0.39 is 0 Å². The quantitative estimate of drug-likeness (QED) is 0.494. The molecular formula is C22H19FN2O2. The van der Waals surface area contributed by atoms with E-state index in [0.29, 0.717) is 24.7 Å². The summed E-state index contributed by atoms with van der Waals surface area (Å²) in [6.45, 7) is 0.891. The number of benzene rings is 3. The molecule has 0 saturated carbocycles. The van der Waals surface area contributed by atoms with Crippen LogP contribution in [0.4, 0.5) is 4.39 Å². The van der Waals surface area contributed by atoms with Crippen molar-refractivity contribution in [1.82, 2.24) is 9.55 Å². The number of aromatic nitrogens is 2. The van der Waals surface area contributed by atoms with E-state index >= 15 is 0 Å². The number of hydrogen-bond donors (Lipinski definition) is 0. The second kappa shape index (κ2) is 7.50. The van der Waals surface area contributed by atoms with Crippen molar-refractivity contribution < 1.29 is 13.9 Å². The number of para-hydroxylation sites is 4. The Morgan fingerprint density at radius 3 is 2.37 bits per heavy atom. The highest BCUT2D eigenvalue weighted by atomic mass is 19.1. The Balaban J connectivity index is 1.66. The van der Waals surface area contributed by atoms with Gasteiger partial charge in [-0.15, -0.1) is 0 Å². The molecular weight excluding hydrogens is 343 g/mol. The molecule has 0 unspecified atom stereocenters. The van der Waals surface area contributed by atoms with Crippen LogP contribution in [0, 0.1) is 5.82 Å². The third-order valence-corrected chi connectivity index (χ3v) is 4.41. The first-order valence-electron chi connectivity index (χ1n) is 8.69. The summed E-state index contributed by atoms with van der Waals surface area (Å²) in [7, 11) is 1.62. The lowest BCUT2D eigenvalue weighted by Crippen LogP contribution is -2.08. The zero-order valence-corrected chi connectivity index (χ0v) is 14.9. The van der Waals surface area contributed by atoms with Crippen molar-refractivity contribution in [2.24, 2.45) is 0 Å². The predicted molar refractivity (Wildman–Crippen MR) is 103 cm³/mol. The summed E-state index contributed by atoms with van der Waals surface area (Å²) < 4.78 is 26.6. The second-order valence-electron chi connectivity index (χ2n) is 6.17. The van der Waals surface area contributed by atoms with Crippen LogP contribution in [-0.4, -0.2) is 16.7 Å². The number of imidazole rings is 1. The van der Waals surface area contributed by atoms with Crippen LogP contribution in [0.2, 0.25) is 0 Å². The van der Waals surface area contributed by atoms with Gasteiger partial charge >= 0.3 is 0 Å². The van der Waals surface area contributed by atoms with E-state index in [0.717, 1.165) is 22.4 Å². The fourth-order valence-electron chi connectivity index (χ4n) is 3.06. The Labute approximate surface area is 156 Å². The molecule has 0 N–H and O–H groups in total. The summed E-state index contributed by atoms with van der Waals surface area (Å²) in [5.74, 6) is 1.90. The van der Waals surface area contributed by atoms with Crippen LogP contribution in [0.25, 0.3) is 11.0 Å². The lowest BCUT2D eigenvalue weighted by Gasteiger charge is -2.12. The van der Waals surface area contributed by atoms with Crippen molar-refractivity contribution in [2.45, 2.75) is 13.2 Å². The molecule has 0 fully saturated rings. The lowest BCUT2D eigenvalue weighted by atomic mass is 10.2. The predicted octanol–water partition coefficient (Wildman–Crippen LogP) is 4.81. The summed E-state index contributed by atoms with van der Waals surface area (Å²) in [6, 6.07) is 22.0. The molecule has 0 aliphatic heterocycles. The van der Waals surface area contributed by atoms with Crippen LogP contribution >= 0.6 is 0 Å². The van der Waals surface area contributed by atoms with Gasteiger partial charge in [0.05, 0.1) is 18.1 Å². The maximum Gasteiger partial charge on any atom is 0.161 e. The third kappa shape index (κ3) is 3.62. The molecule has 1 aromatic heterocycles. The number of ether oxygens (including phenoxy) is 2. The van der Waals surface area contributed by atoms with Crippen LogP contribution in [0.3, 0.4) is 0 Å². The first-order valence-corrected chi connectivity index (χ1v) is 8.69. The first-order chi connectivity index (χ1) is 13.2. The second-order valence-corrected chi connectivity index (χ2v) is 6.17. The molecule has 0 radical (unpaired) electrons. The van der Waals surface area contributed by atoms with Gasteiger partial charge in [-0.3, -0.25) is 0 Å². The highest BCUT2D eigenvalue weighted by Gasteiger charge is 2.13. The molecule has 4 nitrogen and oxygen atoms in total. The highest BCUT2D eigenvalue weighted by molar-refractivity contribution is 5.76. The summed E-state index contributed by atoms with van der Waals surface area (Å²) in [4.78, 5) is 4.72. The van der Waals surface area contributed by atoms with Gasteiger partial charge in [0.1, 0.15) is 18.2 Å². The van der Waals surface area contributed by atoms with Gasteiger partial charge < -0.3 is 14.0 Å². The molecule has 0 atom stereocenters. The monoisotopic (exact) mass is 362 g/mol. The minimum absolute atomic E-state index is 0.242. The van der Waals surface area contributed by atoms with Gasteiger partial charge in [-0.25, -0.2) is 9.37 Å². The van der Waals surface area contributed by atoms with Gasteiger partial charge in [-0.1, -0.05) is 36.4 Å². The van der Waals surface area contributed by atoms with Crippen LogP contribution in [-0.2, 0) is 13.2 Å². The molecule has 0 bridgehead atoms. The minimum Gasteiger partial charge on any atom is -0.493 e. The van der Waals surface area contributed by atoms with Gasteiger partial charge in [0.2, 0.25) is 0 Å². The summed E-state index contributed by atoms with van der Waals surface area (Å²) in [5, 5.41) is 0. The Kier molecular flexibility index (Phi) is 4.75. The molecule has 0 amide bonds. The lowest BCUT2D eigenvalue weighted by molar-refractivity contribution is 0.273. The van der Waals surface area contributed by atoms with E-state index in [2.05, 4.69) is 4.57 Å². The number of nitrogens with zero attached hydrogens (tertiary/aromatic N) is 2. The van der Waals surface area contributed by atoms with E-state index in [9.17, 15) is 4.39 Å². The smallest absolute Gasteiger partial charge is 0.161 e. The average molecular weight is 362 g/mol. The zero-order chi connectivity index (χ0) is 18.6. The maximum absolute atomic E-state index is 13.2. The zero-order valence-electron chi connectivity index (χ0n) is 14.9. The molecule has 5 heteroatoms. The van der Waals surface area contributed by atoms with Crippen molar-refractivity contribution in [3.8, 4) is 11.5 Å². The van der Waals surface area contributed by atoms with Crippen molar-refractivity contribution in [2.75, 3.05) is 7.11 Å². The van der Waals surface area contributed by atoms with Gasteiger partial charge in [-0.2, -0.15) is 0 Å².